The first-order chi connectivity index (χ1) is 21.8. The first-order valence-corrected chi connectivity index (χ1v) is 15.1. The normalized spacial score (nSPS) is 13.7. The summed E-state index contributed by atoms with van der Waals surface area (Å²) >= 11 is 0. The van der Waals surface area contributed by atoms with E-state index in [2.05, 4.69) is 25.9 Å². The van der Waals surface area contributed by atoms with Gasteiger partial charge in [-0.3, -0.25) is 19.4 Å². The molecule has 0 saturated heterocycles. The molecule has 2 aromatic carbocycles. The van der Waals surface area contributed by atoms with Gasteiger partial charge in [-0.1, -0.05) is 44.2 Å². The van der Waals surface area contributed by atoms with Gasteiger partial charge in [-0.15, -0.1) is 0 Å². The van der Waals surface area contributed by atoms with Crippen molar-refractivity contribution >= 4 is 40.6 Å². The highest BCUT2D eigenvalue weighted by Crippen LogP contribution is 2.19. The minimum Gasteiger partial charge on any atom is -0.508 e. The van der Waals surface area contributed by atoms with Crippen molar-refractivity contribution < 1.29 is 29.4 Å². The van der Waals surface area contributed by atoms with Crippen LogP contribution >= 0.6 is 0 Å². The number of aromatic hydroxyl groups is 1. The Labute approximate surface area is 267 Å². The molecule has 0 fully saturated rings. The lowest BCUT2D eigenvalue weighted by molar-refractivity contribution is -0.142. The monoisotopic (exact) mass is 636 g/mol. The Morgan fingerprint density at radius 2 is 1.50 bits per heavy atom. The number of amides is 3. The van der Waals surface area contributed by atoms with Gasteiger partial charge in [-0.2, -0.15) is 0 Å². The number of phenolic OH excluding ortho intramolecular Hbond substituents is 1. The molecule has 3 aromatic rings. The van der Waals surface area contributed by atoms with Gasteiger partial charge in [0.25, 0.3) is 0 Å². The first kappa shape index (κ1) is 35.4. The molecule has 0 saturated carbocycles. The van der Waals surface area contributed by atoms with E-state index in [0.717, 1.165) is 10.9 Å². The molecule has 0 aliphatic rings. The average Bonchev–Trinajstić information content (AvgIpc) is 3.41. The van der Waals surface area contributed by atoms with Crippen molar-refractivity contribution in [2.75, 3.05) is 6.54 Å². The second-order valence-electron chi connectivity index (χ2n) is 11.6. The lowest BCUT2D eigenvalue weighted by Crippen LogP contribution is -2.58. The lowest BCUT2D eigenvalue weighted by Gasteiger charge is -2.26. The predicted octanol–water partition coefficient (Wildman–Crippen LogP) is 0.625. The molecule has 0 aliphatic heterocycles. The zero-order valence-corrected chi connectivity index (χ0v) is 26.0. The smallest absolute Gasteiger partial charge is 0.326 e. The number of carbonyl (C=O) groups excluding carboxylic acids is 3. The van der Waals surface area contributed by atoms with Gasteiger partial charge >= 0.3 is 5.97 Å². The number of aliphatic carboxylic acids is 1. The van der Waals surface area contributed by atoms with Gasteiger partial charge in [0.05, 0.1) is 6.04 Å². The van der Waals surface area contributed by atoms with Crippen molar-refractivity contribution in [1.29, 1.82) is 0 Å². The Hall–Kier alpha value is -5.11. The van der Waals surface area contributed by atoms with Crippen LogP contribution in [0.25, 0.3) is 10.9 Å². The highest BCUT2D eigenvalue weighted by Gasteiger charge is 2.31. The standard InChI is InChI=1S/C32H44N8O6/c1-18(2)14-25(38-28(42)23(33)7-5-13-36-32(34)35)29(43)39-26(15-19-9-11-21(41)12-10-19)30(44)40-27(31(45)46)16-20-17-37-24-8-4-3-6-22(20)24/h3-4,6,8-12,17-18,23,25-27,37,41H,5,7,13-16,33H2,1-2H3,(H,38,42)(H,39,43)(H,40,44)(H,45,46)(H4,34,35,36). The predicted molar refractivity (Wildman–Crippen MR) is 175 cm³/mol. The maximum absolute atomic E-state index is 13.6. The summed E-state index contributed by atoms with van der Waals surface area (Å²) in [6, 6.07) is 9.04. The zero-order chi connectivity index (χ0) is 33.8. The number of fused-ring (bicyclic) bond motifs is 1. The van der Waals surface area contributed by atoms with Gasteiger partial charge in [-0.05, 0) is 54.5 Å². The molecule has 0 bridgehead atoms. The molecule has 1 heterocycles. The average molecular weight is 637 g/mol. The van der Waals surface area contributed by atoms with Crippen LogP contribution in [0.4, 0.5) is 0 Å². The summed E-state index contributed by atoms with van der Waals surface area (Å²) < 4.78 is 0. The Morgan fingerprint density at radius 3 is 2.15 bits per heavy atom. The Morgan fingerprint density at radius 1 is 0.870 bits per heavy atom. The van der Waals surface area contributed by atoms with E-state index < -0.39 is 47.9 Å². The molecular weight excluding hydrogens is 592 g/mol. The maximum atomic E-state index is 13.6. The molecule has 0 spiro atoms. The molecule has 3 amide bonds. The molecule has 0 radical (unpaired) electrons. The third-order valence-corrected chi connectivity index (χ3v) is 7.37. The first-order valence-electron chi connectivity index (χ1n) is 15.1. The minimum atomic E-state index is -1.30. The van der Waals surface area contributed by atoms with Gasteiger partial charge in [0.15, 0.2) is 5.96 Å². The largest absolute Gasteiger partial charge is 0.508 e. The van der Waals surface area contributed by atoms with Gasteiger partial charge < -0.3 is 48.3 Å². The Balaban J connectivity index is 1.78. The van der Waals surface area contributed by atoms with Crippen LogP contribution in [0.15, 0.2) is 59.7 Å². The number of hydrogen-bond donors (Lipinski definition) is 9. The van der Waals surface area contributed by atoms with E-state index in [1.165, 1.54) is 12.1 Å². The van der Waals surface area contributed by atoms with E-state index in [1.54, 1.807) is 18.3 Å². The number of carboxylic acid groups (broad SMARTS) is 1. The molecule has 4 atom stereocenters. The fourth-order valence-corrected chi connectivity index (χ4v) is 4.97. The number of hydrogen-bond acceptors (Lipinski definition) is 7. The van der Waals surface area contributed by atoms with Crippen LogP contribution in [0, 0.1) is 5.92 Å². The zero-order valence-electron chi connectivity index (χ0n) is 26.0. The fraction of sp³-hybridized carbons (Fsp3) is 0.406. The van der Waals surface area contributed by atoms with Crippen molar-refractivity contribution in [2.24, 2.45) is 28.1 Å². The maximum Gasteiger partial charge on any atom is 0.326 e. The lowest BCUT2D eigenvalue weighted by atomic mass is 9.99. The third-order valence-electron chi connectivity index (χ3n) is 7.37. The van der Waals surface area contributed by atoms with E-state index in [0.29, 0.717) is 24.1 Å². The summed E-state index contributed by atoms with van der Waals surface area (Å²) in [6.45, 7) is 4.06. The topological polar surface area (TPSA) is 251 Å². The molecule has 1 aromatic heterocycles. The van der Waals surface area contributed by atoms with Gasteiger partial charge in [0.2, 0.25) is 17.7 Å². The highest BCUT2D eigenvalue weighted by molar-refractivity contribution is 5.94. The van der Waals surface area contributed by atoms with Crippen LogP contribution in [0.3, 0.4) is 0 Å². The summed E-state index contributed by atoms with van der Waals surface area (Å²) in [5.41, 5.74) is 18.8. The number of benzene rings is 2. The van der Waals surface area contributed by atoms with Crippen molar-refractivity contribution in [1.82, 2.24) is 20.9 Å². The quantitative estimate of drug-likeness (QED) is 0.0571. The minimum absolute atomic E-state index is 0.00192. The number of aliphatic imine (C=N–C) groups is 1. The van der Waals surface area contributed by atoms with E-state index in [-0.39, 0.29) is 43.3 Å². The summed E-state index contributed by atoms with van der Waals surface area (Å²) in [7, 11) is 0. The number of H-pyrrole nitrogens is 1. The number of phenols is 1. The summed E-state index contributed by atoms with van der Waals surface area (Å²) in [5, 5.41) is 28.5. The number of carboxylic acids is 1. The molecule has 248 valence electrons. The van der Waals surface area contributed by atoms with E-state index in [4.69, 9.17) is 17.2 Å². The molecule has 46 heavy (non-hydrogen) atoms. The Kier molecular flexibility index (Phi) is 12.9. The number of carbonyl (C=O) groups is 4. The number of guanidine groups is 1. The number of nitrogens with one attached hydrogen (secondary N) is 4. The number of aromatic amines is 1. The van der Waals surface area contributed by atoms with Crippen LogP contribution in [-0.4, -0.2) is 75.6 Å². The van der Waals surface area contributed by atoms with Crippen LogP contribution in [0.1, 0.15) is 44.2 Å². The van der Waals surface area contributed by atoms with Crippen LogP contribution in [0.5, 0.6) is 5.75 Å². The molecule has 3 rings (SSSR count). The highest BCUT2D eigenvalue weighted by atomic mass is 16.4. The fourth-order valence-electron chi connectivity index (χ4n) is 4.97. The van der Waals surface area contributed by atoms with Gasteiger partial charge in [0.1, 0.15) is 23.9 Å². The van der Waals surface area contributed by atoms with E-state index in [1.807, 2.05) is 38.1 Å². The van der Waals surface area contributed by atoms with Crippen LogP contribution < -0.4 is 33.2 Å². The molecular formula is C32H44N8O6. The number of nitrogens with two attached hydrogens (primary N) is 3. The molecule has 0 aliphatic carbocycles. The summed E-state index contributed by atoms with van der Waals surface area (Å²) in [5.74, 6) is -3.19. The third kappa shape index (κ3) is 10.8. The molecule has 12 N–H and O–H groups in total. The molecule has 14 heteroatoms. The van der Waals surface area contributed by atoms with Gasteiger partial charge in [-0.25, -0.2) is 4.79 Å². The summed E-state index contributed by atoms with van der Waals surface area (Å²) in [4.78, 5) is 59.4. The number of aromatic nitrogens is 1. The number of para-hydroxylation sites is 1. The van der Waals surface area contributed by atoms with E-state index in [9.17, 15) is 29.4 Å². The van der Waals surface area contributed by atoms with Crippen LogP contribution in [0.2, 0.25) is 0 Å². The molecule has 14 nitrogen and oxygen atoms in total. The van der Waals surface area contributed by atoms with Crippen LogP contribution in [-0.2, 0) is 32.0 Å². The van der Waals surface area contributed by atoms with Crippen molar-refractivity contribution in [2.45, 2.75) is 70.1 Å². The second-order valence-corrected chi connectivity index (χ2v) is 11.6. The van der Waals surface area contributed by atoms with Crippen molar-refractivity contribution in [3.8, 4) is 5.75 Å². The number of nitrogens with zero attached hydrogens (tertiary/aromatic N) is 1. The van der Waals surface area contributed by atoms with Gasteiger partial charge in [0, 0.05) is 36.5 Å². The van der Waals surface area contributed by atoms with Crippen molar-refractivity contribution in [3.05, 3.63) is 65.9 Å². The Bertz CT molecular complexity index is 1520. The van der Waals surface area contributed by atoms with E-state index >= 15 is 0 Å². The number of rotatable bonds is 17. The molecule has 4 unspecified atom stereocenters. The summed E-state index contributed by atoms with van der Waals surface area (Å²) in [6.07, 6.45) is 2.67. The second kappa shape index (κ2) is 16.8. The van der Waals surface area contributed by atoms with Crippen molar-refractivity contribution in [3.63, 3.8) is 0 Å². The SMILES string of the molecule is CC(C)CC(NC(=O)C(N)CCCN=C(N)N)C(=O)NC(Cc1ccc(O)cc1)C(=O)NC(Cc1c[nH]c2ccccc12)C(=O)O.